The van der Waals surface area contributed by atoms with Crippen LogP contribution in [0, 0.1) is 0 Å². The molecular formula is C37H41N13O6S. The number of nitrogens with zero attached hydrogens (tertiary/aromatic N) is 9. The number of tetrazole rings is 1. The number of carbonyl (C=O) groups is 1. The van der Waals surface area contributed by atoms with Crippen LogP contribution in [-0.4, -0.2) is 107 Å². The molecule has 0 bridgehead atoms. The average Bonchev–Trinajstić information content (AvgIpc) is 4.03. The molecule has 6 aromatic rings. The highest BCUT2D eigenvalue weighted by molar-refractivity contribution is 7.89. The maximum absolute atomic E-state index is 13.0. The van der Waals surface area contributed by atoms with Crippen LogP contribution in [0.3, 0.4) is 0 Å². The summed E-state index contributed by atoms with van der Waals surface area (Å²) >= 11 is 0. The largest absolute Gasteiger partial charge is 0.388 e. The van der Waals surface area contributed by atoms with Crippen molar-refractivity contribution in [1.29, 1.82) is 0 Å². The molecule has 0 radical (unpaired) electrons. The van der Waals surface area contributed by atoms with E-state index in [1.807, 2.05) is 41.3 Å². The number of nitrogens with two attached hydrogens (primary N) is 1. The molecule has 3 aromatic carbocycles. The number of aliphatic hydroxyl groups is 3. The van der Waals surface area contributed by atoms with Crippen molar-refractivity contribution in [3.8, 4) is 0 Å². The van der Waals surface area contributed by atoms with E-state index in [-0.39, 0.29) is 29.1 Å². The Morgan fingerprint density at radius 2 is 1.61 bits per heavy atom. The fraction of sp³-hybridized carbons (Fsp3) is 0.324. The molecule has 2 aliphatic rings. The lowest BCUT2D eigenvalue weighted by molar-refractivity contribution is 0.00469. The van der Waals surface area contributed by atoms with Gasteiger partial charge in [-0.1, -0.05) is 60.7 Å². The number of hydrogen-bond acceptors (Lipinski definition) is 14. The molecule has 1 saturated carbocycles. The Balaban J connectivity index is 1.07. The van der Waals surface area contributed by atoms with E-state index in [0.717, 1.165) is 11.1 Å². The van der Waals surface area contributed by atoms with Gasteiger partial charge in [-0.15, -0.1) is 10.2 Å². The van der Waals surface area contributed by atoms with Gasteiger partial charge in [0.15, 0.2) is 22.8 Å². The summed E-state index contributed by atoms with van der Waals surface area (Å²) in [6.45, 7) is 0.945. The highest BCUT2D eigenvalue weighted by Crippen LogP contribution is 2.40. The molecule has 5 atom stereocenters. The number of carbonyl (C=O) groups excluding carboxylic acids is 1. The highest BCUT2D eigenvalue weighted by Gasteiger charge is 2.45. The van der Waals surface area contributed by atoms with Crippen molar-refractivity contribution in [2.75, 3.05) is 35.2 Å². The number of sulfonamides is 1. The number of primary sulfonamides is 1. The minimum absolute atomic E-state index is 0.0377. The Bertz CT molecular complexity index is 2410. The van der Waals surface area contributed by atoms with E-state index in [9.17, 15) is 28.5 Å². The Hall–Kier alpha value is -6.06. The molecular weight excluding hydrogens is 755 g/mol. The van der Waals surface area contributed by atoms with Gasteiger partial charge in [0.1, 0.15) is 24.9 Å². The quantitative estimate of drug-likeness (QED) is 0.0926. The molecule has 1 aliphatic carbocycles. The van der Waals surface area contributed by atoms with Crippen molar-refractivity contribution in [3.63, 3.8) is 0 Å². The average molecular weight is 796 g/mol. The summed E-state index contributed by atoms with van der Waals surface area (Å²) in [6, 6.07) is 23.7. The number of nitrogens with one attached hydrogen (secondary N) is 3. The van der Waals surface area contributed by atoms with Crippen molar-refractivity contribution >= 4 is 44.7 Å². The topological polar surface area (TPSA) is 264 Å². The first-order valence-corrected chi connectivity index (χ1v) is 19.9. The Labute approximate surface area is 326 Å². The highest BCUT2D eigenvalue weighted by atomic mass is 32.2. The second kappa shape index (κ2) is 15.8. The number of rotatable bonds is 12. The van der Waals surface area contributed by atoms with Crippen molar-refractivity contribution in [1.82, 2.24) is 45.0 Å². The maximum Gasteiger partial charge on any atom is 0.319 e. The third kappa shape index (κ3) is 7.98. The summed E-state index contributed by atoms with van der Waals surface area (Å²) in [6.07, 6.45) is -0.0996. The lowest BCUT2D eigenvalue weighted by Crippen LogP contribution is -2.40. The van der Waals surface area contributed by atoms with Crippen LogP contribution in [0.4, 0.5) is 22.2 Å². The molecule has 2 amide bonds. The number of imidazole rings is 1. The third-order valence-electron chi connectivity index (χ3n) is 10.4. The molecule has 57 heavy (non-hydrogen) atoms. The smallest absolute Gasteiger partial charge is 0.319 e. The van der Waals surface area contributed by atoms with Crippen molar-refractivity contribution < 1.29 is 28.5 Å². The summed E-state index contributed by atoms with van der Waals surface area (Å²) < 4.78 is 25.0. The lowest BCUT2D eigenvalue weighted by atomic mass is 9.91. The Kier molecular flexibility index (Phi) is 10.5. The number of hydrogen-bond donors (Lipinski definition) is 7. The van der Waals surface area contributed by atoms with E-state index in [2.05, 4.69) is 55.6 Å². The Morgan fingerprint density at radius 3 is 2.26 bits per heavy atom. The number of aliphatic hydroxyl groups excluding tert-OH is 3. The standard InChI is InChI=1S/C37H41N13O6S/c38-57(55,56)26-13-11-24(12-14-26)41-37(54)42-25-15-16-48(19-25)36-43-34(39-18-27(22-7-3-1-4-8-22)23-9-5-2-6-10-23)31-35(44-36)49(21-40-31)28-17-29(33(53)32(28)52)50-46-30(20-51)45-47-50/h1-14,21,25,27-29,32-33,51-53H,15-20H2,(H2,38,55,56)(H,39,43,44)(H2,41,42,54)/t25?,28-,29+,32+,33-/m1/s1. The van der Waals surface area contributed by atoms with Gasteiger partial charge in [-0.25, -0.2) is 23.3 Å². The number of aromatic nitrogens is 8. The van der Waals surface area contributed by atoms with Crippen LogP contribution in [0.25, 0.3) is 11.2 Å². The molecule has 8 N–H and O–H groups in total. The van der Waals surface area contributed by atoms with E-state index in [0.29, 0.717) is 54.7 Å². The molecule has 20 heteroatoms. The van der Waals surface area contributed by atoms with E-state index < -0.39 is 47.0 Å². The molecule has 19 nitrogen and oxygen atoms in total. The number of amides is 2. The van der Waals surface area contributed by atoms with Gasteiger partial charge >= 0.3 is 6.03 Å². The number of anilines is 3. The van der Waals surface area contributed by atoms with E-state index in [1.54, 1.807) is 10.9 Å². The summed E-state index contributed by atoms with van der Waals surface area (Å²) in [5, 5.41) is 58.3. The van der Waals surface area contributed by atoms with Crippen LogP contribution >= 0.6 is 0 Å². The second-order valence-electron chi connectivity index (χ2n) is 14.1. The number of benzene rings is 3. The first-order chi connectivity index (χ1) is 27.6. The van der Waals surface area contributed by atoms with Gasteiger partial charge in [0, 0.05) is 37.3 Å². The van der Waals surface area contributed by atoms with Crippen molar-refractivity contribution in [2.45, 2.75) is 60.6 Å². The molecule has 4 heterocycles. The van der Waals surface area contributed by atoms with Gasteiger partial charge in [-0.2, -0.15) is 14.8 Å². The van der Waals surface area contributed by atoms with Gasteiger partial charge in [0.05, 0.1) is 17.3 Å². The zero-order chi connectivity index (χ0) is 39.7. The first-order valence-electron chi connectivity index (χ1n) is 18.3. The van der Waals surface area contributed by atoms with Crippen molar-refractivity contribution in [3.05, 3.63) is 108 Å². The minimum Gasteiger partial charge on any atom is -0.388 e. The predicted octanol–water partition coefficient (Wildman–Crippen LogP) is 1.50. The van der Waals surface area contributed by atoms with Crippen LogP contribution in [0.15, 0.2) is 96.2 Å². The van der Waals surface area contributed by atoms with E-state index >= 15 is 0 Å². The van der Waals surface area contributed by atoms with E-state index in [4.69, 9.17) is 20.1 Å². The molecule has 1 saturated heterocycles. The van der Waals surface area contributed by atoms with Crippen LogP contribution in [0.2, 0.25) is 0 Å². The predicted molar refractivity (Wildman–Crippen MR) is 208 cm³/mol. The normalized spacial score (nSPS) is 21.0. The fourth-order valence-corrected chi connectivity index (χ4v) is 8.02. The van der Waals surface area contributed by atoms with Crippen LogP contribution in [0.1, 0.15) is 47.8 Å². The first kappa shape index (κ1) is 37.8. The molecule has 2 fully saturated rings. The molecule has 296 valence electrons. The molecule has 3 aromatic heterocycles. The summed E-state index contributed by atoms with van der Waals surface area (Å²) in [5.74, 6) is 0.906. The van der Waals surface area contributed by atoms with Gasteiger partial charge in [0.25, 0.3) is 0 Å². The molecule has 8 rings (SSSR count). The van der Waals surface area contributed by atoms with Crippen molar-refractivity contribution in [2.24, 2.45) is 5.14 Å². The summed E-state index contributed by atoms with van der Waals surface area (Å²) in [5.41, 5.74) is 3.51. The zero-order valence-electron chi connectivity index (χ0n) is 30.4. The van der Waals surface area contributed by atoms with Crippen LogP contribution in [0.5, 0.6) is 0 Å². The summed E-state index contributed by atoms with van der Waals surface area (Å²) in [7, 11) is -3.87. The molecule has 1 unspecified atom stereocenters. The van der Waals surface area contributed by atoms with Gasteiger partial charge in [-0.05, 0) is 53.4 Å². The van der Waals surface area contributed by atoms with Crippen LogP contribution in [-0.2, 0) is 16.6 Å². The SMILES string of the molecule is NS(=O)(=O)c1ccc(NC(=O)NC2CCN(c3nc(NCC(c4ccccc4)c4ccccc4)c4ncn([C@@H]5C[C@H](n6nnc(CO)n6)[C@@H](O)[C@H]5O)c4n3)C2)cc1. The molecule has 0 spiro atoms. The number of urea groups is 1. The van der Waals surface area contributed by atoms with Crippen LogP contribution < -0.4 is 26.0 Å². The summed E-state index contributed by atoms with van der Waals surface area (Å²) in [4.78, 5) is 30.7. The number of fused-ring (bicyclic) bond motifs is 1. The molecule has 1 aliphatic heterocycles. The fourth-order valence-electron chi connectivity index (χ4n) is 7.50. The monoisotopic (exact) mass is 795 g/mol. The second-order valence-corrected chi connectivity index (χ2v) is 15.6. The van der Waals surface area contributed by atoms with Gasteiger partial charge < -0.3 is 40.7 Å². The minimum atomic E-state index is -3.87. The zero-order valence-corrected chi connectivity index (χ0v) is 31.3. The van der Waals surface area contributed by atoms with Gasteiger partial charge in [-0.3, -0.25) is 0 Å². The Morgan fingerprint density at radius 1 is 0.930 bits per heavy atom. The van der Waals surface area contributed by atoms with E-state index in [1.165, 1.54) is 29.1 Å². The maximum atomic E-state index is 13.0. The lowest BCUT2D eigenvalue weighted by Gasteiger charge is -2.22. The van der Waals surface area contributed by atoms with Gasteiger partial charge in [0.2, 0.25) is 16.0 Å². The third-order valence-corrected chi connectivity index (χ3v) is 11.3.